The van der Waals surface area contributed by atoms with Gasteiger partial charge in [0.05, 0.1) is 0 Å². The summed E-state index contributed by atoms with van der Waals surface area (Å²) in [4.78, 5) is 7.37. The average Bonchev–Trinajstić information content (AvgIpc) is 2.05. The van der Waals surface area contributed by atoms with Crippen LogP contribution in [-0.2, 0) is 0 Å². The van der Waals surface area contributed by atoms with Crippen LogP contribution in [0.1, 0.15) is 11.7 Å². The lowest BCUT2D eigenvalue weighted by atomic mass is 10.2. The highest BCUT2D eigenvalue weighted by molar-refractivity contribution is 5.15. The largest absolute Gasteiger partial charge is 0.376 e. The van der Waals surface area contributed by atoms with Crippen LogP contribution >= 0.6 is 0 Å². The highest BCUT2D eigenvalue weighted by atomic mass is 16.3. The Kier molecular flexibility index (Phi) is 1.98. The van der Waals surface area contributed by atoms with E-state index in [-0.39, 0.29) is 0 Å². The lowest BCUT2D eigenvalue weighted by Crippen LogP contribution is -1.94. The third-order valence-electron chi connectivity index (χ3n) is 1.05. The summed E-state index contributed by atoms with van der Waals surface area (Å²) in [6.07, 6.45) is 8.41. The fourth-order valence-corrected chi connectivity index (χ4v) is 0.548. The topological polar surface area (TPSA) is 46.0 Å². The number of aromatic nitrogens is 2. The maximum atomic E-state index is 9.01. The Labute approximate surface area is 58.8 Å². The summed E-state index contributed by atoms with van der Waals surface area (Å²) < 4.78 is 0. The van der Waals surface area contributed by atoms with Crippen LogP contribution in [-0.4, -0.2) is 15.1 Å². The molecular formula is C7H6N2O. The molecule has 0 spiro atoms. The van der Waals surface area contributed by atoms with Crippen molar-refractivity contribution in [2.24, 2.45) is 0 Å². The standard InChI is InChI=1S/C7H6N2O/c1-2-7(10)6-3-8-5-9-4-6/h1,3-5,7,10H. The van der Waals surface area contributed by atoms with Gasteiger partial charge in [-0.3, -0.25) is 0 Å². The molecule has 1 aromatic rings. The summed E-state index contributed by atoms with van der Waals surface area (Å²) in [5, 5.41) is 9.01. The molecule has 0 bridgehead atoms. The Morgan fingerprint density at radius 3 is 2.60 bits per heavy atom. The minimum Gasteiger partial charge on any atom is -0.376 e. The van der Waals surface area contributed by atoms with E-state index in [0.29, 0.717) is 5.56 Å². The van der Waals surface area contributed by atoms with Crippen LogP contribution in [0.25, 0.3) is 0 Å². The second-order valence-corrected chi connectivity index (χ2v) is 1.74. The van der Waals surface area contributed by atoms with Crippen molar-refractivity contribution in [2.75, 3.05) is 0 Å². The van der Waals surface area contributed by atoms with Gasteiger partial charge in [-0.15, -0.1) is 6.42 Å². The molecule has 1 rings (SSSR count). The maximum Gasteiger partial charge on any atom is 0.142 e. The van der Waals surface area contributed by atoms with Crippen molar-refractivity contribution >= 4 is 0 Å². The maximum absolute atomic E-state index is 9.01. The Hall–Kier alpha value is -1.40. The van der Waals surface area contributed by atoms with Gasteiger partial charge in [-0.05, 0) is 0 Å². The molecule has 0 aliphatic carbocycles. The van der Waals surface area contributed by atoms with Gasteiger partial charge in [-0.1, -0.05) is 5.92 Å². The van der Waals surface area contributed by atoms with E-state index in [0.717, 1.165) is 0 Å². The van der Waals surface area contributed by atoms with Gasteiger partial charge in [0.1, 0.15) is 12.4 Å². The van der Waals surface area contributed by atoms with Gasteiger partial charge in [0.15, 0.2) is 0 Å². The molecular weight excluding hydrogens is 128 g/mol. The highest BCUT2D eigenvalue weighted by Gasteiger charge is 2.00. The van der Waals surface area contributed by atoms with Gasteiger partial charge < -0.3 is 5.11 Å². The molecule has 50 valence electrons. The fourth-order valence-electron chi connectivity index (χ4n) is 0.548. The third kappa shape index (κ3) is 1.30. The first-order valence-corrected chi connectivity index (χ1v) is 2.73. The lowest BCUT2D eigenvalue weighted by molar-refractivity contribution is 0.237. The summed E-state index contributed by atoms with van der Waals surface area (Å²) in [5.74, 6) is 2.16. The van der Waals surface area contributed by atoms with Crippen molar-refractivity contribution in [3.63, 3.8) is 0 Å². The smallest absolute Gasteiger partial charge is 0.142 e. The zero-order chi connectivity index (χ0) is 7.40. The Balaban J connectivity index is 2.88. The lowest BCUT2D eigenvalue weighted by Gasteiger charge is -1.98. The van der Waals surface area contributed by atoms with Crippen LogP contribution in [0.4, 0.5) is 0 Å². The number of hydrogen-bond acceptors (Lipinski definition) is 3. The van der Waals surface area contributed by atoms with E-state index in [1.165, 1.54) is 18.7 Å². The van der Waals surface area contributed by atoms with Crippen molar-refractivity contribution in [1.29, 1.82) is 0 Å². The summed E-state index contributed by atoms with van der Waals surface area (Å²) in [6, 6.07) is 0. The minimum absolute atomic E-state index is 0.546. The SMILES string of the molecule is C#CC(O)c1cncnc1. The van der Waals surface area contributed by atoms with Crippen LogP contribution < -0.4 is 0 Å². The van der Waals surface area contributed by atoms with Crippen molar-refractivity contribution in [2.45, 2.75) is 6.10 Å². The predicted molar refractivity (Wildman–Crippen MR) is 35.8 cm³/mol. The molecule has 0 amide bonds. The molecule has 0 aromatic carbocycles. The van der Waals surface area contributed by atoms with Crippen LogP contribution in [0.3, 0.4) is 0 Å². The van der Waals surface area contributed by atoms with Crippen molar-refractivity contribution < 1.29 is 5.11 Å². The molecule has 3 nitrogen and oxygen atoms in total. The van der Waals surface area contributed by atoms with Gasteiger partial charge in [-0.25, -0.2) is 9.97 Å². The average molecular weight is 134 g/mol. The summed E-state index contributed by atoms with van der Waals surface area (Å²) in [7, 11) is 0. The van der Waals surface area contributed by atoms with Crippen LogP contribution in [0.15, 0.2) is 18.7 Å². The van der Waals surface area contributed by atoms with E-state index in [4.69, 9.17) is 11.5 Å². The number of hydrogen-bond donors (Lipinski definition) is 1. The molecule has 3 heteroatoms. The molecule has 1 N–H and O–H groups in total. The molecule has 0 aliphatic rings. The second-order valence-electron chi connectivity index (χ2n) is 1.74. The summed E-state index contributed by atoms with van der Waals surface area (Å²) in [5.41, 5.74) is 0.546. The molecule has 0 fully saturated rings. The normalized spacial score (nSPS) is 12.0. The summed E-state index contributed by atoms with van der Waals surface area (Å²) >= 11 is 0. The van der Waals surface area contributed by atoms with Gasteiger partial charge in [0, 0.05) is 18.0 Å². The highest BCUT2D eigenvalue weighted by Crippen LogP contribution is 2.06. The van der Waals surface area contributed by atoms with Crippen LogP contribution in [0, 0.1) is 12.3 Å². The molecule has 1 atom stereocenters. The minimum atomic E-state index is -0.888. The van der Waals surface area contributed by atoms with Crippen LogP contribution in [0.5, 0.6) is 0 Å². The summed E-state index contributed by atoms with van der Waals surface area (Å²) in [6.45, 7) is 0. The Morgan fingerprint density at radius 2 is 2.10 bits per heavy atom. The number of aliphatic hydroxyl groups is 1. The molecule has 0 aliphatic heterocycles. The van der Waals surface area contributed by atoms with Gasteiger partial charge >= 0.3 is 0 Å². The van der Waals surface area contributed by atoms with Crippen molar-refractivity contribution in [3.05, 3.63) is 24.3 Å². The monoisotopic (exact) mass is 134 g/mol. The van der Waals surface area contributed by atoms with E-state index in [1.54, 1.807) is 0 Å². The molecule has 10 heavy (non-hydrogen) atoms. The van der Waals surface area contributed by atoms with E-state index in [2.05, 4.69) is 15.9 Å². The quantitative estimate of drug-likeness (QED) is 0.556. The molecule has 0 radical (unpaired) electrons. The zero-order valence-electron chi connectivity index (χ0n) is 5.23. The van der Waals surface area contributed by atoms with Gasteiger partial charge in [0.2, 0.25) is 0 Å². The Bertz CT molecular complexity index is 240. The first kappa shape index (κ1) is 6.72. The number of terminal acetylenes is 1. The fraction of sp³-hybridized carbons (Fsp3) is 0.143. The van der Waals surface area contributed by atoms with Crippen LogP contribution in [0.2, 0.25) is 0 Å². The molecule has 1 unspecified atom stereocenters. The number of aliphatic hydroxyl groups excluding tert-OH is 1. The third-order valence-corrected chi connectivity index (χ3v) is 1.05. The molecule has 1 aromatic heterocycles. The number of nitrogens with zero attached hydrogens (tertiary/aromatic N) is 2. The van der Waals surface area contributed by atoms with Gasteiger partial charge in [-0.2, -0.15) is 0 Å². The van der Waals surface area contributed by atoms with Gasteiger partial charge in [0.25, 0.3) is 0 Å². The molecule has 1 heterocycles. The first-order chi connectivity index (χ1) is 4.84. The second kappa shape index (κ2) is 2.95. The van der Waals surface area contributed by atoms with E-state index in [9.17, 15) is 0 Å². The first-order valence-electron chi connectivity index (χ1n) is 2.73. The van der Waals surface area contributed by atoms with Crippen molar-refractivity contribution in [3.8, 4) is 12.3 Å². The predicted octanol–water partition coefficient (Wildman–Crippen LogP) is 0.143. The van der Waals surface area contributed by atoms with E-state index < -0.39 is 6.10 Å². The number of rotatable bonds is 1. The Morgan fingerprint density at radius 1 is 1.50 bits per heavy atom. The van der Waals surface area contributed by atoms with E-state index >= 15 is 0 Å². The molecule has 0 saturated heterocycles. The van der Waals surface area contributed by atoms with Crippen molar-refractivity contribution in [1.82, 2.24) is 9.97 Å². The zero-order valence-corrected chi connectivity index (χ0v) is 5.23. The molecule has 0 saturated carbocycles. The van der Waals surface area contributed by atoms with E-state index in [1.807, 2.05) is 0 Å².